The number of hydrogen-bond acceptors (Lipinski definition) is 4. The van der Waals surface area contributed by atoms with E-state index in [4.69, 9.17) is 10.5 Å². The van der Waals surface area contributed by atoms with Crippen molar-refractivity contribution in [2.75, 3.05) is 26.3 Å². The SMILES string of the molecule is CC(NC(=O)C1C2CCC(C2)C1N)C(C)N1CCOCC1.Cl.Cl. The zero-order chi connectivity index (χ0) is 15.0. The average molecular weight is 368 g/mol. The van der Waals surface area contributed by atoms with Gasteiger partial charge in [0.1, 0.15) is 0 Å². The van der Waals surface area contributed by atoms with Gasteiger partial charge in [0.2, 0.25) is 5.91 Å². The average Bonchev–Trinajstić information content (AvgIpc) is 3.08. The predicted molar refractivity (Wildman–Crippen MR) is 96.3 cm³/mol. The molecule has 7 heteroatoms. The molecular formula is C16H31Cl2N3O2. The monoisotopic (exact) mass is 367 g/mol. The molecule has 3 aliphatic rings. The van der Waals surface area contributed by atoms with Gasteiger partial charge in [-0.3, -0.25) is 9.69 Å². The number of morpholine rings is 1. The Morgan fingerprint density at radius 2 is 1.78 bits per heavy atom. The van der Waals surface area contributed by atoms with E-state index in [0.29, 0.717) is 17.9 Å². The van der Waals surface area contributed by atoms with Crippen LogP contribution < -0.4 is 11.1 Å². The Labute approximate surface area is 151 Å². The molecule has 1 aliphatic heterocycles. The molecule has 2 bridgehead atoms. The Morgan fingerprint density at radius 3 is 2.35 bits per heavy atom. The van der Waals surface area contributed by atoms with Crippen molar-refractivity contribution in [1.82, 2.24) is 10.2 Å². The largest absolute Gasteiger partial charge is 0.379 e. The van der Waals surface area contributed by atoms with Gasteiger partial charge in [-0.15, -0.1) is 24.8 Å². The Kier molecular flexibility index (Phi) is 8.08. The van der Waals surface area contributed by atoms with Crippen molar-refractivity contribution in [3.05, 3.63) is 0 Å². The van der Waals surface area contributed by atoms with Gasteiger partial charge in [0.05, 0.1) is 19.1 Å². The standard InChI is InChI=1S/C16H29N3O2.2ClH/c1-10(11(2)19-5-7-21-8-6-19)18-16(20)14-12-3-4-13(9-12)15(14)17;;/h10-15H,3-9,17H2,1-2H3,(H,18,20);2*1H. The van der Waals surface area contributed by atoms with Crippen LogP contribution in [0.4, 0.5) is 0 Å². The Hall–Kier alpha value is -0.0700. The second-order valence-corrected chi connectivity index (χ2v) is 7.12. The number of amides is 1. The number of carbonyl (C=O) groups is 1. The molecule has 0 spiro atoms. The smallest absolute Gasteiger partial charge is 0.225 e. The van der Waals surface area contributed by atoms with E-state index in [1.165, 1.54) is 12.8 Å². The molecule has 5 nitrogen and oxygen atoms in total. The van der Waals surface area contributed by atoms with Gasteiger partial charge in [-0.1, -0.05) is 0 Å². The third-order valence-corrected chi connectivity index (χ3v) is 6.00. The van der Waals surface area contributed by atoms with Crippen molar-refractivity contribution >= 4 is 30.7 Å². The molecule has 1 amide bonds. The Bertz CT molecular complexity index is 392. The summed E-state index contributed by atoms with van der Waals surface area (Å²) in [6.45, 7) is 7.79. The van der Waals surface area contributed by atoms with Crippen LogP contribution in [-0.4, -0.2) is 55.2 Å². The molecule has 0 radical (unpaired) electrons. The molecule has 3 fully saturated rings. The van der Waals surface area contributed by atoms with E-state index in [-0.39, 0.29) is 48.7 Å². The number of fused-ring (bicyclic) bond motifs is 2. The molecule has 6 unspecified atom stereocenters. The predicted octanol–water partition coefficient (Wildman–Crippen LogP) is 1.43. The summed E-state index contributed by atoms with van der Waals surface area (Å²) >= 11 is 0. The van der Waals surface area contributed by atoms with E-state index in [9.17, 15) is 4.79 Å². The van der Waals surface area contributed by atoms with Crippen LogP contribution in [0.1, 0.15) is 33.1 Å². The van der Waals surface area contributed by atoms with Gasteiger partial charge in [-0.25, -0.2) is 0 Å². The van der Waals surface area contributed by atoms with Crippen molar-refractivity contribution in [3.63, 3.8) is 0 Å². The van der Waals surface area contributed by atoms with Crippen LogP contribution in [-0.2, 0) is 9.53 Å². The fraction of sp³-hybridized carbons (Fsp3) is 0.938. The quantitative estimate of drug-likeness (QED) is 0.788. The highest BCUT2D eigenvalue weighted by molar-refractivity contribution is 5.85. The first-order chi connectivity index (χ1) is 10.1. The Balaban J connectivity index is 0.00000132. The molecule has 1 heterocycles. The number of rotatable bonds is 4. The van der Waals surface area contributed by atoms with Crippen molar-refractivity contribution in [2.45, 2.75) is 51.2 Å². The summed E-state index contributed by atoms with van der Waals surface area (Å²) in [7, 11) is 0. The van der Waals surface area contributed by atoms with Crippen molar-refractivity contribution in [3.8, 4) is 0 Å². The molecule has 0 aromatic heterocycles. The van der Waals surface area contributed by atoms with Crippen LogP contribution >= 0.6 is 24.8 Å². The number of carbonyl (C=O) groups excluding carboxylic acids is 1. The fourth-order valence-corrected chi connectivity index (χ4v) is 4.47. The van der Waals surface area contributed by atoms with Gasteiger partial charge in [0.25, 0.3) is 0 Å². The highest BCUT2D eigenvalue weighted by Crippen LogP contribution is 2.47. The van der Waals surface area contributed by atoms with Crippen LogP contribution in [0.15, 0.2) is 0 Å². The van der Waals surface area contributed by atoms with Gasteiger partial charge in [0, 0.05) is 31.2 Å². The van der Waals surface area contributed by atoms with E-state index in [0.717, 1.165) is 32.7 Å². The summed E-state index contributed by atoms with van der Waals surface area (Å²) in [5.74, 6) is 1.33. The molecule has 136 valence electrons. The van der Waals surface area contributed by atoms with Gasteiger partial charge >= 0.3 is 0 Å². The number of ether oxygens (including phenoxy) is 1. The van der Waals surface area contributed by atoms with E-state index in [1.807, 2.05) is 0 Å². The summed E-state index contributed by atoms with van der Waals surface area (Å²) in [6, 6.07) is 0.573. The number of nitrogens with zero attached hydrogens (tertiary/aromatic N) is 1. The van der Waals surface area contributed by atoms with Gasteiger partial charge in [-0.2, -0.15) is 0 Å². The van der Waals surface area contributed by atoms with Crippen LogP contribution in [0, 0.1) is 17.8 Å². The summed E-state index contributed by atoms with van der Waals surface area (Å²) < 4.78 is 5.39. The van der Waals surface area contributed by atoms with E-state index < -0.39 is 0 Å². The summed E-state index contributed by atoms with van der Waals surface area (Å²) in [5, 5.41) is 3.23. The topological polar surface area (TPSA) is 67.6 Å². The summed E-state index contributed by atoms with van der Waals surface area (Å²) in [5.41, 5.74) is 6.27. The second kappa shape index (κ2) is 8.86. The molecule has 2 aliphatic carbocycles. The van der Waals surface area contributed by atoms with Crippen LogP contribution in [0.3, 0.4) is 0 Å². The van der Waals surface area contributed by atoms with E-state index in [1.54, 1.807) is 0 Å². The molecule has 0 aromatic rings. The molecule has 3 N–H and O–H groups in total. The van der Waals surface area contributed by atoms with Crippen molar-refractivity contribution < 1.29 is 9.53 Å². The minimum absolute atomic E-state index is 0. The minimum Gasteiger partial charge on any atom is -0.379 e. The number of nitrogens with one attached hydrogen (secondary N) is 1. The first-order valence-corrected chi connectivity index (χ1v) is 8.45. The highest BCUT2D eigenvalue weighted by Gasteiger charge is 2.49. The fourth-order valence-electron chi connectivity index (χ4n) is 4.47. The maximum Gasteiger partial charge on any atom is 0.225 e. The van der Waals surface area contributed by atoms with Gasteiger partial charge < -0.3 is 15.8 Å². The van der Waals surface area contributed by atoms with E-state index in [2.05, 4.69) is 24.1 Å². The zero-order valence-electron chi connectivity index (χ0n) is 14.1. The molecule has 1 saturated heterocycles. The molecule has 2 saturated carbocycles. The molecule has 23 heavy (non-hydrogen) atoms. The third-order valence-electron chi connectivity index (χ3n) is 6.00. The van der Waals surface area contributed by atoms with E-state index >= 15 is 0 Å². The van der Waals surface area contributed by atoms with Crippen LogP contribution in [0.25, 0.3) is 0 Å². The third kappa shape index (κ3) is 4.31. The van der Waals surface area contributed by atoms with Gasteiger partial charge in [-0.05, 0) is 44.9 Å². The lowest BCUT2D eigenvalue weighted by Crippen LogP contribution is -2.55. The maximum atomic E-state index is 12.6. The van der Waals surface area contributed by atoms with Crippen LogP contribution in [0.2, 0.25) is 0 Å². The summed E-state index contributed by atoms with van der Waals surface area (Å²) in [4.78, 5) is 15.0. The minimum atomic E-state index is 0. The molecule has 3 rings (SSSR count). The highest BCUT2D eigenvalue weighted by atomic mass is 35.5. The number of hydrogen-bond donors (Lipinski definition) is 2. The van der Waals surface area contributed by atoms with Crippen molar-refractivity contribution in [1.29, 1.82) is 0 Å². The number of halogens is 2. The van der Waals surface area contributed by atoms with Crippen LogP contribution in [0.5, 0.6) is 0 Å². The Morgan fingerprint density at radius 1 is 1.17 bits per heavy atom. The molecule has 0 aromatic carbocycles. The lowest BCUT2D eigenvalue weighted by atomic mass is 9.84. The zero-order valence-corrected chi connectivity index (χ0v) is 15.7. The molecule has 6 atom stereocenters. The first-order valence-electron chi connectivity index (χ1n) is 8.45. The lowest BCUT2D eigenvalue weighted by molar-refractivity contribution is -0.128. The summed E-state index contributed by atoms with van der Waals surface area (Å²) in [6.07, 6.45) is 3.56. The molecular weight excluding hydrogens is 337 g/mol. The van der Waals surface area contributed by atoms with Gasteiger partial charge in [0.15, 0.2) is 0 Å². The lowest BCUT2D eigenvalue weighted by Gasteiger charge is -2.37. The number of nitrogens with two attached hydrogens (primary N) is 1. The van der Waals surface area contributed by atoms with Crippen molar-refractivity contribution in [2.24, 2.45) is 23.5 Å². The second-order valence-electron chi connectivity index (χ2n) is 7.12. The normalized spacial score (nSPS) is 35.8. The first kappa shape index (κ1) is 21.0. The maximum absolute atomic E-state index is 12.6.